The lowest BCUT2D eigenvalue weighted by molar-refractivity contribution is 0.250. The molecule has 1 N–H and O–H groups in total. The standard InChI is InChI=1S/C19H26FN3O/c1-3-19(4-2)17(21-15-10-6-5-7-11-15)22-18(24)23(19)16-12-8-9-14(20)13-16/h8-9,12-13,15H,3-7,10-11H2,1-2H3,(H,21,22,24). The third-order valence-electron chi connectivity index (χ3n) is 5.42. The van der Waals surface area contributed by atoms with Gasteiger partial charge in [-0.25, -0.2) is 9.18 Å². The summed E-state index contributed by atoms with van der Waals surface area (Å²) >= 11 is 0. The Balaban J connectivity index is 2.00. The van der Waals surface area contributed by atoms with Gasteiger partial charge >= 0.3 is 6.03 Å². The number of nitrogens with one attached hydrogen (secondary N) is 1. The van der Waals surface area contributed by atoms with Gasteiger partial charge in [0.15, 0.2) is 0 Å². The van der Waals surface area contributed by atoms with E-state index in [-0.39, 0.29) is 11.8 Å². The number of carbonyl (C=O) groups is 1. The fraction of sp³-hybridized carbons (Fsp3) is 0.579. The number of amidine groups is 1. The van der Waals surface area contributed by atoms with Crippen LogP contribution in [0.15, 0.2) is 29.3 Å². The Morgan fingerprint density at radius 1 is 1.25 bits per heavy atom. The number of aliphatic imine (C=N–C) groups is 1. The summed E-state index contributed by atoms with van der Waals surface area (Å²) in [7, 11) is 0. The van der Waals surface area contributed by atoms with Gasteiger partial charge in [-0.3, -0.25) is 15.2 Å². The Bertz CT molecular complexity index is 633. The van der Waals surface area contributed by atoms with E-state index in [4.69, 9.17) is 4.99 Å². The van der Waals surface area contributed by atoms with Gasteiger partial charge in [0.1, 0.15) is 17.2 Å². The van der Waals surface area contributed by atoms with Gasteiger partial charge in [0.2, 0.25) is 0 Å². The molecule has 1 aliphatic heterocycles. The molecular formula is C19H26FN3O. The Labute approximate surface area is 143 Å². The van der Waals surface area contributed by atoms with Crippen LogP contribution in [0.3, 0.4) is 0 Å². The lowest BCUT2D eigenvalue weighted by atomic mass is 9.89. The fourth-order valence-corrected chi connectivity index (χ4v) is 4.00. The highest BCUT2D eigenvalue weighted by Gasteiger charge is 2.49. The first kappa shape index (κ1) is 16.9. The number of nitrogens with zero attached hydrogens (tertiary/aromatic N) is 2. The molecule has 0 bridgehead atoms. The predicted molar refractivity (Wildman–Crippen MR) is 95.0 cm³/mol. The van der Waals surface area contributed by atoms with Crippen molar-refractivity contribution in [1.82, 2.24) is 5.32 Å². The van der Waals surface area contributed by atoms with Crippen LogP contribution in [0.2, 0.25) is 0 Å². The smallest absolute Gasteiger partial charge is 0.294 e. The van der Waals surface area contributed by atoms with Crippen LogP contribution in [0.5, 0.6) is 0 Å². The van der Waals surface area contributed by atoms with Crippen molar-refractivity contribution in [2.45, 2.75) is 70.4 Å². The van der Waals surface area contributed by atoms with Gasteiger partial charge in [-0.2, -0.15) is 0 Å². The molecule has 1 aromatic rings. The highest BCUT2D eigenvalue weighted by Crippen LogP contribution is 2.36. The predicted octanol–water partition coefficient (Wildman–Crippen LogP) is 4.65. The van der Waals surface area contributed by atoms with Crippen molar-refractivity contribution >= 4 is 17.6 Å². The zero-order valence-corrected chi connectivity index (χ0v) is 14.5. The van der Waals surface area contributed by atoms with E-state index in [2.05, 4.69) is 19.2 Å². The number of carbonyl (C=O) groups excluding carboxylic acids is 1. The molecule has 5 heteroatoms. The van der Waals surface area contributed by atoms with E-state index >= 15 is 0 Å². The monoisotopic (exact) mass is 331 g/mol. The van der Waals surface area contributed by atoms with Gasteiger partial charge < -0.3 is 0 Å². The van der Waals surface area contributed by atoms with Crippen molar-refractivity contribution in [2.24, 2.45) is 4.99 Å². The lowest BCUT2D eigenvalue weighted by Crippen LogP contribution is -2.49. The van der Waals surface area contributed by atoms with Crippen LogP contribution in [0.25, 0.3) is 0 Å². The Morgan fingerprint density at radius 3 is 2.58 bits per heavy atom. The van der Waals surface area contributed by atoms with Crippen molar-refractivity contribution < 1.29 is 9.18 Å². The molecular weight excluding hydrogens is 305 g/mol. The molecule has 1 aliphatic carbocycles. The third kappa shape index (κ3) is 2.92. The van der Waals surface area contributed by atoms with Crippen LogP contribution in [0.1, 0.15) is 58.8 Å². The molecule has 0 radical (unpaired) electrons. The van der Waals surface area contributed by atoms with Crippen molar-refractivity contribution in [3.05, 3.63) is 30.1 Å². The zero-order valence-electron chi connectivity index (χ0n) is 14.5. The number of halogens is 1. The van der Waals surface area contributed by atoms with E-state index in [1.807, 2.05) is 0 Å². The maximum absolute atomic E-state index is 13.7. The first-order chi connectivity index (χ1) is 11.6. The molecule has 2 fully saturated rings. The molecule has 0 atom stereocenters. The molecule has 2 amide bonds. The molecule has 1 aromatic carbocycles. The summed E-state index contributed by atoms with van der Waals surface area (Å²) in [4.78, 5) is 19.3. The number of benzene rings is 1. The molecule has 1 saturated carbocycles. The van der Waals surface area contributed by atoms with Gasteiger partial charge in [0, 0.05) is 5.69 Å². The second-order valence-electron chi connectivity index (χ2n) is 6.75. The summed E-state index contributed by atoms with van der Waals surface area (Å²) in [5.74, 6) is 0.424. The summed E-state index contributed by atoms with van der Waals surface area (Å²) in [6.07, 6.45) is 7.33. The number of amides is 2. The first-order valence-electron chi connectivity index (χ1n) is 9.05. The summed E-state index contributed by atoms with van der Waals surface area (Å²) in [6.45, 7) is 4.12. The summed E-state index contributed by atoms with van der Waals surface area (Å²) in [6, 6.07) is 6.33. The number of hydrogen-bond acceptors (Lipinski definition) is 2. The van der Waals surface area contributed by atoms with Crippen molar-refractivity contribution in [1.29, 1.82) is 0 Å². The zero-order chi connectivity index (χ0) is 17.2. The quantitative estimate of drug-likeness (QED) is 0.858. The SMILES string of the molecule is CCC1(CC)C(=NC2CCCCC2)NC(=O)N1c1cccc(F)c1. The van der Waals surface area contributed by atoms with E-state index in [9.17, 15) is 9.18 Å². The first-order valence-corrected chi connectivity index (χ1v) is 9.05. The minimum atomic E-state index is -0.512. The topological polar surface area (TPSA) is 44.7 Å². The average Bonchev–Trinajstić information content (AvgIpc) is 2.87. The van der Waals surface area contributed by atoms with Crippen molar-refractivity contribution in [3.8, 4) is 0 Å². The minimum absolute atomic E-state index is 0.209. The molecule has 24 heavy (non-hydrogen) atoms. The van der Waals surface area contributed by atoms with Crippen molar-refractivity contribution in [2.75, 3.05) is 4.90 Å². The second-order valence-corrected chi connectivity index (χ2v) is 6.75. The highest BCUT2D eigenvalue weighted by molar-refractivity contribution is 6.19. The molecule has 130 valence electrons. The van der Waals surface area contributed by atoms with Gasteiger partial charge in [0.25, 0.3) is 0 Å². The Hall–Kier alpha value is -1.91. The van der Waals surface area contributed by atoms with Crippen LogP contribution in [0, 0.1) is 5.82 Å². The summed E-state index contributed by atoms with van der Waals surface area (Å²) in [5.41, 5.74) is 0.0764. The van der Waals surface area contributed by atoms with Gasteiger partial charge in [-0.1, -0.05) is 39.2 Å². The van der Waals surface area contributed by atoms with Crippen molar-refractivity contribution in [3.63, 3.8) is 0 Å². The maximum atomic E-state index is 13.7. The number of hydrogen-bond donors (Lipinski definition) is 1. The molecule has 1 saturated heterocycles. The van der Waals surface area contributed by atoms with E-state index in [1.54, 1.807) is 17.0 Å². The maximum Gasteiger partial charge on any atom is 0.328 e. The van der Waals surface area contributed by atoms with Gasteiger partial charge in [0.05, 0.1) is 6.04 Å². The Morgan fingerprint density at radius 2 is 1.96 bits per heavy atom. The second kappa shape index (κ2) is 6.91. The van der Waals surface area contributed by atoms with Crippen LogP contribution < -0.4 is 10.2 Å². The van der Waals surface area contributed by atoms with E-state index in [0.717, 1.165) is 31.5 Å². The molecule has 4 nitrogen and oxygen atoms in total. The molecule has 2 aliphatic rings. The van der Waals surface area contributed by atoms with E-state index in [1.165, 1.54) is 31.4 Å². The van der Waals surface area contributed by atoms with E-state index in [0.29, 0.717) is 11.7 Å². The number of anilines is 1. The van der Waals surface area contributed by atoms with Gasteiger partial charge in [-0.15, -0.1) is 0 Å². The Kier molecular flexibility index (Phi) is 4.88. The van der Waals surface area contributed by atoms with Crippen LogP contribution in [0.4, 0.5) is 14.9 Å². The largest absolute Gasteiger partial charge is 0.328 e. The average molecular weight is 331 g/mol. The highest BCUT2D eigenvalue weighted by atomic mass is 19.1. The molecule has 0 spiro atoms. The minimum Gasteiger partial charge on any atom is -0.294 e. The molecule has 0 unspecified atom stereocenters. The normalized spacial score (nSPS) is 22.9. The van der Waals surface area contributed by atoms with Crippen LogP contribution in [-0.2, 0) is 0 Å². The van der Waals surface area contributed by atoms with Gasteiger partial charge in [-0.05, 0) is 43.9 Å². The van der Waals surface area contributed by atoms with Crippen LogP contribution in [-0.4, -0.2) is 23.4 Å². The fourth-order valence-electron chi connectivity index (χ4n) is 4.00. The third-order valence-corrected chi connectivity index (χ3v) is 5.42. The summed E-state index contributed by atoms with van der Waals surface area (Å²) < 4.78 is 13.7. The lowest BCUT2D eigenvalue weighted by Gasteiger charge is -2.36. The number of urea groups is 1. The van der Waals surface area contributed by atoms with E-state index < -0.39 is 5.54 Å². The molecule has 1 heterocycles. The summed E-state index contributed by atoms with van der Waals surface area (Å²) in [5, 5.41) is 2.98. The van der Waals surface area contributed by atoms with Crippen LogP contribution >= 0.6 is 0 Å². The molecule has 3 rings (SSSR count). The molecule has 0 aromatic heterocycles. The number of rotatable bonds is 4.